The van der Waals surface area contributed by atoms with E-state index in [1.807, 2.05) is 13.0 Å². The molecule has 4 heteroatoms. The molecule has 0 saturated heterocycles. The van der Waals surface area contributed by atoms with E-state index in [1.54, 1.807) is 17.4 Å². The van der Waals surface area contributed by atoms with Crippen LogP contribution in [0.2, 0.25) is 0 Å². The van der Waals surface area contributed by atoms with Crippen LogP contribution in [0, 0.1) is 5.82 Å². The number of aryl methyl sites for hydroxylation is 1. The van der Waals surface area contributed by atoms with E-state index in [0.717, 1.165) is 27.6 Å². The number of nitrogens with zero attached hydrogens (tertiary/aromatic N) is 1. The topological polar surface area (TPSA) is 38.9 Å². The standard InChI is InChI=1S/C12H13FN2S/c1-2-10-11(7-14)16-12(15-10)8-4-3-5-9(13)6-8/h3-6H,2,7,14H2,1H3. The summed E-state index contributed by atoms with van der Waals surface area (Å²) in [5, 5.41) is 0.844. The Morgan fingerprint density at radius 2 is 2.25 bits per heavy atom. The van der Waals surface area contributed by atoms with Gasteiger partial charge in [-0.1, -0.05) is 19.1 Å². The lowest BCUT2D eigenvalue weighted by molar-refractivity contribution is 0.628. The summed E-state index contributed by atoms with van der Waals surface area (Å²) < 4.78 is 13.1. The minimum absolute atomic E-state index is 0.236. The molecule has 2 nitrogen and oxygen atoms in total. The summed E-state index contributed by atoms with van der Waals surface area (Å²) in [7, 11) is 0. The zero-order valence-electron chi connectivity index (χ0n) is 9.03. The number of aromatic nitrogens is 1. The Balaban J connectivity index is 2.44. The molecule has 0 spiro atoms. The molecule has 2 rings (SSSR count). The fourth-order valence-electron chi connectivity index (χ4n) is 1.56. The average Bonchev–Trinajstić information content (AvgIpc) is 2.72. The van der Waals surface area contributed by atoms with Gasteiger partial charge in [0.25, 0.3) is 0 Å². The van der Waals surface area contributed by atoms with Crippen LogP contribution in [0.15, 0.2) is 24.3 Å². The van der Waals surface area contributed by atoms with E-state index in [0.29, 0.717) is 6.54 Å². The van der Waals surface area contributed by atoms with Crippen molar-refractivity contribution < 1.29 is 4.39 Å². The first-order valence-corrected chi connectivity index (χ1v) is 6.00. The van der Waals surface area contributed by atoms with Crippen LogP contribution >= 0.6 is 11.3 Å². The van der Waals surface area contributed by atoms with Crippen LogP contribution in [0.1, 0.15) is 17.5 Å². The van der Waals surface area contributed by atoms with E-state index < -0.39 is 0 Å². The van der Waals surface area contributed by atoms with Crippen LogP contribution in [0.25, 0.3) is 10.6 Å². The monoisotopic (exact) mass is 236 g/mol. The molecule has 0 radical (unpaired) electrons. The lowest BCUT2D eigenvalue weighted by Crippen LogP contribution is -1.96. The molecule has 0 fully saturated rings. The van der Waals surface area contributed by atoms with Crippen LogP contribution in [-0.2, 0) is 13.0 Å². The van der Waals surface area contributed by atoms with Gasteiger partial charge in [0.2, 0.25) is 0 Å². The molecule has 0 aliphatic carbocycles. The third-order valence-electron chi connectivity index (χ3n) is 2.37. The summed E-state index contributed by atoms with van der Waals surface area (Å²) in [6.07, 6.45) is 0.859. The van der Waals surface area contributed by atoms with Crippen molar-refractivity contribution in [3.63, 3.8) is 0 Å². The van der Waals surface area contributed by atoms with Crippen molar-refractivity contribution in [3.05, 3.63) is 40.7 Å². The predicted octanol–water partition coefficient (Wildman–Crippen LogP) is 2.97. The van der Waals surface area contributed by atoms with Crippen LogP contribution in [0.4, 0.5) is 4.39 Å². The number of hydrogen-bond donors (Lipinski definition) is 1. The van der Waals surface area contributed by atoms with E-state index in [4.69, 9.17) is 5.73 Å². The highest BCUT2D eigenvalue weighted by Crippen LogP contribution is 2.28. The highest BCUT2D eigenvalue weighted by molar-refractivity contribution is 7.15. The van der Waals surface area contributed by atoms with Gasteiger partial charge in [-0.3, -0.25) is 0 Å². The van der Waals surface area contributed by atoms with Crippen molar-refractivity contribution >= 4 is 11.3 Å². The SMILES string of the molecule is CCc1nc(-c2cccc(F)c2)sc1CN. The van der Waals surface area contributed by atoms with Crippen LogP contribution < -0.4 is 5.73 Å². The van der Waals surface area contributed by atoms with Crippen LogP contribution in [0.5, 0.6) is 0 Å². The van der Waals surface area contributed by atoms with Crippen molar-refractivity contribution in [1.29, 1.82) is 0 Å². The minimum atomic E-state index is -0.236. The third-order valence-corrected chi connectivity index (χ3v) is 3.54. The summed E-state index contributed by atoms with van der Waals surface area (Å²) in [5.74, 6) is -0.236. The summed E-state index contributed by atoms with van der Waals surface area (Å²) >= 11 is 1.54. The second kappa shape index (κ2) is 4.72. The number of benzene rings is 1. The molecule has 16 heavy (non-hydrogen) atoms. The Morgan fingerprint density at radius 3 is 2.81 bits per heavy atom. The van der Waals surface area contributed by atoms with Crippen LogP contribution in [0.3, 0.4) is 0 Å². The zero-order valence-corrected chi connectivity index (χ0v) is 9.85. The van der Waals surface area contributed by atoms with Gasteiger partial charge in [-0.25, -0.2) is 9.37 Å². The molecule has 0 amide bonds. The molecule has 1 aromatic carbocycles. The normalized spacial score (nSPS) is 10.7. The van der Waals surface area contributed by atoms with Gasteiger partial charge in [-0.2, -0.15) is 0 Å². The molecule has 0 aliphatic heterocycles. The van der Waals surface area contributed by atoms with Crippen molar-refractivity contribution in [1.82, 2.24) is 4.98 Å². The van der Waals surface area contributed by atoms with E-state index in [2.05, 4.69) is 4.98 Å². The Morgan fingerprint density at radius 1 is 1.44 bits per heavy atom. The second-order valence-corrected chi connectivity index (χ2v) is 4.54. The molecule has 0 bridgehead atoms. The first-order chi connectivity index (χ1) is 7.74. The molecule has 2 N–H and O–H groups in total. The number of hydrogen-bond acceptors (Lipinski definition) is 3. The molecular weight excluding hydrogens is 223 g/mol. The van der Waals surface area contributed by atoms with Gasteiger partial charge in [0.15, 0.2) is 0 Å². The van der Waals surface area contributed by atoms with Crippen LogP contribution in [-0.4, -0.2) is 4.98 Å². The number of rotatable bonds is 3. The fraction of sp³-hybridized carbons (Fsp3) is 0.250. The Hall–Kier alpha value is -1.26. The molecule has 0 aliphatic rings. The maximum atomic E-state index is 13.1. The molecule has 0 saturated carbocycles. The molecule has 2 aromatic rings. The molecule has 84 valence electrons. The van der Waals surface area contributed by atoms with E-state index in [9.17, 15) is 4.39 Å². The highest BCUT2D eigenvalue weighted by Gasteiger charge is 2.10. The van der Waals surface area contributed by atoms with E-state index >= 15 is 0 Å². The van der Waals surface area contributed by atoms with Gasteiger partial charge < -0.3 is 5.73 Å². The summed E-state index contributed by atoms with van der Waals surface area (Å²) in [6.45, 7) is 2.54. The predicted molar refractivity (Wildman–Crippen MR) is 64.8 cm³/mol. The maximum Gasteiger partial charge on any atom is 0.124 e. The van der Waals surface area contributed by atoms with E-state index in [1.165, 1.54) is 12.1 Å². The number of halogens is 1. The Bertz CT molecular complexity index is 472. The molecule has 0 unspecified atom stereocenters. The van der Waals surface area contributed by atoms with Crippen molar-refractivity contribution in [2.45, 2.75) is 19.9 Å². The summed E-state index contributed by atoms with van der Waals surface area (Å²) in [5.41, 5.74) is 7.48. The fourth-order valence-corrected chi connectivity index (χ4v) is 2.59. The molecule has 1 heterocycles. The summed E-state index contributed by atoms with van der Waals surface area (Å²) in [4.78, 5) is 5.57. The smallest absolute Gasteiger partial charge is 0.124 e. The first kappa shape index (κ1) is 11.2. The number of nitrogens with two attached hydrogens (primary N) is 1. The minimum Gasteiger partial charge on any atom is -0.326 e. The quantitative estimate of drug-likeness (QED) is 0.889. The number of thiazole rings is 1. The maximum absolute atomic E-state index is 13.1. The Kier molecular flexibility index (Phi) is 3.31. The lowest BCUT2D eigenvalue weighted by Gasteiger charge is -1.95. The van der Waals surface area contributed by atoms with Crippen molar-refractivity contribution in [3.8, 4) is 10.6 Å². The van der Waals surface area contributed by atoms with Gasteiger partial charge >= 0.3 is 0 Å². The van der Waals surface area contributed by atoms with Gasteiger partial charge in [0.05, 0.1) is 5.69 Å². The first-order valence-electron chi connectivity index (χ1n) is 5.19. The summed E-state index contributed by atoms with van der Waals surface area (Å²) in [6, 6.07) is 6.49. The van der Waals surface area contributed by atoms with Gasteiger partial charge in [0, 0.05) is 17.0 Å². The molecule has 0 atom stereocenters. The van der Waals surface area contributed by atoms with Gasteiger partial charge in [0.1, 0.15) is 10.8 Å². The lowest BCUT2D eigenvalue weighted by atomic mass is 10.2. The highest BCUT2D eigenvalue weighted by atomic mass is 32.1. The van der Waals surface area contributed by atoms with E-state index in [-0.39, 0.29) is 5.82 Å². The average molecular weight is 236 g/mol. The largest absolute Gasteiger partial charge is 0.326 e. The third kappa shape index (κ3) is 2.13. The molecule has 1 aromatic heterocycles. The second-order valence-electron chi connectivity index (χ2n) is 3.46. The van der Waals surface area contributed by atoms with Crippen molar-refractivity contribution in [2.24, 2.45) is 5.73 Å². The van der Waals surface area contributed by atoms with Gasteiger partial charge in [-0.05, 0) is 18.6 Å². The Labute approximate surface area is 97.9 Å². The van der Waals surface area contributed by atoms with Gasteiger partial charge in [-0.15, -0.1) is 11.3 Å². The zero-order chi connectivity index (χ0) is 11.5. The molecular formula is C12H13FN2S. The van der Waals surface area contributed by atoms with Crippen molar-refractivity contribution in [2.75, 3.05) is 0 Å².